The number of hydrogen-bond donors (Lipinski definition) is 5. The number of amidine groups is 1. The minimum Gasteiger partial charge on any atom is -0.391 e. The molecule has 2 rings (SSSR count). The highest BCUT2D eigenvalue weighted by Gasteiger charge is 2.17. The lowest BCUT2D eigenvalue weighted by Gasteiger charge is -2.11. The summed E-state index contributed by atoms with van der Waals surface area (Å²) in [7, 11) is 0. The van der Waals surface area contributed by atoms with Gasteiger partial charge in [-0.3, -0.25) is 9.79 Å². The number of nitrogen functional groups attached to an aromatic ring is 2. The van der Waals surface area contributed by atoms with E-state index >= 15 is 0 Å². The molecule has 8 N–H and O–H groups in total. The zero-order valence-corrected chi connectivity index (χ0v) is 18.4. The second-order valence-electron chi connectivity index (χ2n) is 7.20. The Kier molecular flexibility index (Phi) is 9.48. The van der Waals surface area contributed by atoms with Crippen LogP contribution in [0.2, 0.25) is 5.15 Å². The summed E-state index contributed by atoms with van der Waals surface area (Å²) in [6.45, 7) is 3.02. The van der Waals surface area contributed by atoms with Crippen LogP contribution in [0.1, 0.15) is 48.7 Å². The van der Waals surface area contributed by atoms with Crippen LogP contribution in [0.5, 0.6) is 0 Å². The van der Waals surface area contributed by atoms with Crippen LogP contribution in [0.15, 0.2) is 29.3 Å². The number of hydrogen-bond acceptors (Lipinski definition) is 8. The molecule has 10 heteroatoms. The van der Waals surface area contributed by atoms with Gasteiger partial charge in [0.15, 0.2) is 28.3 Å². The number of nitrogens with one attached hydrogen (secondary N) is 1. The maximum absolute atomic E-state index is 12.3. The fraction of sp³-hybridized carbons (Fsp3) is 0.429. The highest BCUT2D eigenvalue weighted by Crippen LogP contribution is 2.18. The molecule has 0 unspecified atom stereocenters. The number of aliphatic hydroxyl groups excluding tert-OH is 1. The number of benzene rings is 1. The monoisotopic (exact) mass is 447 g/mol. The van der Waals surface area contributed by atoms with Gasteiger partial charge in [0.1, 0.15) is 5.84 Å². The number of halogens is 1. The van der Waals surface area contributed by atoms with Crippen molar-refractivity contribution in [3.05, 3.63) is 40.7 Å². The number of aliphatic imine (C=N–C) groups is 1. The van der Waals surface area contributed by atoms with Gasteiger partial charge in [0.2, 0.25) is 0 Å². The van der Waals surface area contributed by atoms with Crippen LogP contribution in [0, 0.1) is 0 Å². The fourth-order valence-electron chi connectivity index (χ4n) is 2.78. The molecule has 1 atom stereocenters. The fourth-order valence-corrected chi connectivity index (χ4v) is 2.91. The third-order valence-corrected chi connectivity index (χ3v) is 4.94. The van der Waals surface area contributed by atoms with E-state index in [0.29, 0.717) is 13.1 Å². The molecule has 1 aromatic carbocycles. The standard InChI is InChI=1S/C21H30ClN7O2/c1-2-15(30)12-27-14-8-6-13(7-9-14)5-3-4-10-26-17(23)11-16(31)18-20(24)29-21(25)19(22)28-18/h6-9,15,27,30H,2-5,10-12H2,1H3,(H2,23,26)(H4,24,25,29)/t15-/m1/s1. The zero-order chi connectivity index (χ0) is 22.8. The van der Waals surface area contributed by atoms with E-state index in [2.05, 4.69) is 32.4 Å². The molecule has 2 aromatic rings. The number of aliphatic hydroxyl groups is 1. The molecule has 0 aliphatic carbocycles. The molecule has 9 nitrogen and oxygen atoms in total. The lowest BCUT2D eigenvalue weighted by Crippen LogP contribution is -2.20. The molecule has 0 saturated carbocycles. The average Bonchev–Trinajstić information content (AvgIpc) is 2.75. The van der Waals surface area contributed by atoms with E-state index in [1.54, 1.807) is 0 Å². The second-order valence-corrected chi connectivity index (χ2v) is 7.56. The van der Waals surface area contributed by atoms with Gasteiger partial charge in [-0.2, -0.15) is 0 Å². The van der Waals surface area contributed by atoms with E-state index in [9.17, 15) is 9.90 Å². The van der Waals surface area contributed by atoms with Crippen molar-refractivity contribution >= 4 is 40.5 Å². The number of nitrogens with two attached hydrogens (primary N) is 3. The van der Waals surface area contributed by atoms with E-state index < -0.39 is 5.78 Å². The molecule has 1 heterocycles. The van der Waals surface area contributed by atoms with Gasteiger partial charge < -0.3 is 27.6 Å². The summed E-state index contributed by atoms with van der Waals surface area (Å²) in [4.78, 5) is 24.2. The first-order chi connectivity index (χ1) is 14.8. The summed E-state index contributed by atoms with van der Waals surface area (Å²) in [6, 6.07) is 8.16. The van der Waals surface area contributed by atoms with Crippen LogP contribution in [-0.2, 0) is 6.42 Å². The molecule has 1 aromatic heterocycles. The average molecular weight is 448 g/mol. The van der Waals surface area contributed by atoms with Gasteiger partial charge in [-0.05, 0) is 43.4 Å². The number of anilines is 3. The van der Waals surface area contributed by atoms with Crippen LogP contribution < -0.4 is 22.5 Å². The third-order valence-electron chi connectivity index (χ3n) is 4.67. The van der Waals surface area contributed by atoms with Crippen molar-refractivity contribution in [3.8, 4) is 0 Å². The summed E-state index contributed by atoms with van der Waals surface area (Å²) in [6.07, 6.45) is 2.98. The van der Waals surface area contributed by atoms with Gasteiger partial charge in [0, 0.05) is 18.8 Å². The molecule has 31 heavy (non-hydrogen) atoms. The van der Waals surface area contributed by atoms with Crippen LogP contribution in [-0.4, -0.2) is 45.9 Å². The summed E-state index contributed by atoms with van der Waals surface area (Å²) in [5, 5.41) is 12.7. The molecular formula is C21H30ClN7O2. The van der Waals surface area contributed by atoms with Gasteiger partial charge in [-0.25, -0.2) is 9.97 Å². The number of nitrogens with zero attached hydrogens (tertiary/aromatic N) is 3. The molecular weight excluding hydrogens is 418 g/mol. The topological polar surface area (TPSA) is 166 Å². The number of ketones is 1. The predicted molar refractivity (Wildman–Crippen MR) is 125 cm³/mol. The predicted octanol–water partition coefficient (Wildman–Crippen LogP) is 2.43. The van der Waals surface area contributed by atoms with Crippen molar-refractivity contribution in [3.63, 3.8) is 0 Å². The van der Waals surface area contributed by atoms with E-state index in [1.165, 1.54) is 5.56 Å². The first-order valence-corrected chi connectivity index (χ1v) is 10.6. The van der Waals surface area contributed by atoms with Crippen molar-refractivity contribution in [2.24, 2.45) is 10.7 Å². The first-order valence-electron chi connectivity index (χ1n) is 10.2. The summed E-state index contributed by atoms with van der Waals surface area (Å²) in [5.41, 5.74) is 19.2. The number of aryl methyl sites for hydroxylation is 1. The van der Waals surface area contributed by atoms with E-state index in [-0.39, 0.29) is 40.8 Å². The number of unbranched alkanes of at least 4 members (excludes halogenated alkanes) is 1. The highest BCUT2D eigenvalue weighted by molar-refractivity contribution is 6.31. The van der Waals surface area contributed by atoms with Gasteiger partial charge in [-0.15, -0.1) is 0 Å². The molecule has 0 fully saturated rings. The maximum atomic E-state index is 12.3. The highest BCUT2D eigenvalue weighted by atomic mass is 35.5. The lowest BCUT2D eigenvalue weighted by molar-refractivity contribution is 0.0996. The first kappa shape index (κ1) is 24.4. The number of Topliss-reactive ketones (excluding diaryl/α,β-unsaturated/α-hetero) is 1. The van der Waals surface area contributed by atoms with Crippen molar-refractivity contribution in [2.45, 2.75) is 45.1 Å². The Morgan fingerprint density at radius 2 is 1.90 bits per heavy atom. The van der Waals surface area contributed by atoms with Crippen LogP contribution in [0.25, 0.3) is 0 Å². The number of carbonyl (C=O) groups is 1. The van der Waals surface area contributed by atoms with E-state index in [0.717, 1.165) is 31.4 Å². The normalized spacial score (nSPS) is 12.5. The Labute approximate surface area is 187 Å². The van der Waals surface area contributed by atoms with Crippen LogP contribution in [0.3, 0.4) is 0 Å². The van der Waals surface area contributed by atoms with E-state index in [4.69, 9.17) is 28.8 Å². The zero-order valence-electron chi connectivity index (χ0n) is 17.6. The van der Waals surface area contributed by atoms with Crippen LogP contribution >= 0.6 is 11.6 Å². The third kappa shape index (κ3) is 8.03. The van der Waals surface area contributed by atoms with Gasteiger partial charge in [0.05, 0.1) is 12.5 Å². The van der Waals surface area contributed by atoms with Gasteiger partial charge in [0.25, 0.3) is 0 Å². The van der Waals surface area contributed by atoms with Crippen molar-refractivity contribution in [1.29, 1.82) is 0 Å². The number of rotatable bonds is 12. The molecule has 0 bridgehead atoms. The summed E-state index contributed by atoms with van der Waals surface area (Å²) >= 11 is 5.80. The largest absolute Gasteiger partial charge is 0.391 e. The summed E-state index contributed by atoms with van der Waals surface area (Å²) in [5.74, 6) is -0.307. The Hall–Kier alpha value is -2.91. The Morgan fingerprint density at radius 3 is 2.58 bits per heavy atom. The Morgan fingerprint density at radius 1 is 1.19 bits per heavy atom. The lowest BCUT2D eigenvalue weighted by atomic mass is 10.1. The molecule has 0 amide bonds. The van der Waals surface area contributed by atoms with Gasteiger partial charge in [-0.1, -0.05) is 30.7 Å². The second kappa shape index (κ2) is 12.1. The van der Waals surface area contributed by atoms with Crippen LogP contribution in [0.4, 0.5) is 17.3 Å². The summed E-state index contributed by atoms with van der Waals surface area (Å²) < 4.78 is 0. The Balaban J connectivity index is 1.73. The minimum atomic E-state index is -0.409. The van der Waals surface area contributed by atoms with Gasteiger partial charge >= 0.3 is 0 Å². The quantitative estimate of drug-likeness (QED) is 0.143. The molecule has 0 aliphatic rings. The molecule has 0 saturated heterocycles. The molecule has 0 radical (unpaired) electrons. The van der Waals surface area contributed by atoms with Crippen molar-refractivity contribution in [2.75, 3.05) is 29.9 Å². The maximum Gasteiger partial charge on any atom is 0.192 e. The SMILES string of the molecule is CC[C@@H](O)CNc1ccc(CCCCN=C(N)CC(=O)c2nc(Cl)c(N)nc2N)cc1. The molecule has 0 aliphatic heterocycles. The van der Waals surface area contributed by atoms with Crippen molar-refractivity contribution in [1.82, 2.24) is 9.97 Å². The number of carbonyl (C=O) groups excluding carboxylic acids is 1. The molecule has 168 valence electrons. The smallest absolute Gasteiger partial charge is 0.192 e. The Bertz CT molecular complexity index is 903. The minimum absolute atomic E-state index is 0.0291. The number of aromatic nitrogens is 2. The van der Waals surface area contributed by atoms with E-state index in [1.807, 2.05) is 19.1 Å². The molecule has 0 spiro atoms. The van der Waals surface area contributed by atoms with Crippen molar-refractivity contribution < 1.29 is 9.90 Å².